The summed E-state index contributed by atoms with van der Waals surface area (Å²) in [6.45, 7) is 5.86. The first-order valence-electron chi connectivity index (χ1n) is 3.90. The number of allylic oxidation sites excluding steroid dienone is 2. The highest BCUT2D eigenvalue weighted by atomic mass is 35.5. The predicted octanol–water partition coefficient (Wildman–Crippen LogP) is 3.17. The zero-order valence-corrected chi connectivity index (χ0v) is 8.91. The van der Waals surface area contributed by atoms with Crippen molar-refractivity contribution < 1.29 is 4.79 Å². The molecule has 0 aromatic rings. The first-order chi connectivity index (χ1) is 5.37. The fraction of sp³-hybridized carbons (Fsp3) is 0.667. The minimum Gasteiger partial charge on any atom is -0.281 e. The Morgan fingerprint density at radius 2 is 1.92 bits per heavy atom. The van der Waals surface area contributed by atoms with Gasteiger partial charge in [0.1, 0.15) is 0 Å². The van der Waals surface area contributed by atoms with Gasteiger partial charge < -0.3 is 0 Å². The molecule has 0 heterocycles. The molecule has 1 nitrogen and oxygen atoms in total. The Balaban J connectivity index is 2.73. The molecule has 12 heavy (non-hydrogen) atoms. The smallest absolute Gasteiger partial charge is 0.225 e. The van der Waals surface area contributed by atoms with Crippen molar-refractivity contribution in [3.05, 3.63) is 11.1 Å². The van der Waals surface area contributed by atoms with Crippen LogP contribution in [0.25, 0.3) is 0 Å². The SMILES string of the molecule is C/C(Cl)=C/[C@@H]1[C@@H](C(=O)Cl)C1(C)C. The number of hydrogen-bond acceptors (Lipinski definition) is 1. The first kappa shape index (κ1) is 10.1. The molecule has 68 valence electrons. The first-order valence-corrected chi connectivity index (χ1v) is 4.66. The fourth-order valence-electron chi connectivity index (χ4n) is 1.67. The Kier molecular flexibility index (Phi) is 2.55. The molecule has 1 aliphatic rings. The molecule has 0 amide bonds. The average molecular weight is 207 g/mol. The molecule has 1 fully saturated rings. The molecule has 2 atom stereocenters. The van der Waals surface area contributed by atoms with Crippen molar-refractivity contribution in [3.63, 3.8) is 0 Å². The number of rotatable bonds is 2. The Labute approximate surface area is 82.7 Å². The minimum absolute atomic E-state index is 0.00498. The summed E-state index contributed by atoms with van der Waals surface area (Å²) < 4.78 is 0. The molecule has 0 aromatic carbocycles. The molecular formula is C9H12Cl2O. The van der Waals surface area contributed by atoms with Crippen LogP contribution in [0, 0.1) is 17.3 Å². The number of carbonyl (C=O) groups is 1. The molecule has 0 saturated heterocycles. The van der Waals surface area contributed by atoms with Gasteiger partial charge in [-0.15, -0.1) is 0 Å². The van der Waals surface area contributed by atoms with Crippen molar-refractivity contribution in [2.45, 2.75) is 20.8 Å². The van der Waals surface area contributed by atoms with Crippen LogP contribution in [0.1, 0.15) is 20.8 Å². The van der Waals surface area contributed by atoms with Gasteiger partial charge >= 0.3 is 0 Å². The van der Waals surface area contributed by atoms with E-state index in [0.29, 0.717) is 0 Å². The lowest BCUT2D eigenvalue weighted by Gasteiger charge is -1.96. The summed E-state index contributed by atoms with van der Waals surface area (Å²) >= 11 is 11.1. The van der Waals surface area contributed by atoms with Gasteiger partial charge in [0.25, 0.3) is 0 Å². The second kappa shape index (κ2) is 3.04. The lowest BCUT2D eigenvalue weighted by Crippen LogP contribution is -1.96. The summed E-state index contributed by atoms with van der Waals surface area (Å²) in [6, 6.07) is 0. The van der Waals surface area contributed by atoms with Crippen molar-refractivity contribution in [2.75, 3.05) is 0 Å². The Hall–Kier alpha value is -0.0100. The van der Waals surface area contributed by atoms with Gasteiger partial charge in [0, 0.05) is 11.0 Å². The zero-order chi connectivity index (χ0) is 9.52. The van der Waals surface area contributed by atoms with Crippen molar-refractivity contribution in [1.82, 2.24) is 0 Å². The molecule has 1 aliphatic carbocycles. The Morgan fingerprint density at radius 1 is 1.42 bits per heavy atom. The standard InChI is InChI=1S/C9H12Cl2O/c1-5(10)4-6-7(8(11)12)9(6,2)3/h4,6-7H,1-3H3/b5-4-/t6-,7+/m1/s1. The van der Waals surface area contributed by atoms with Crippen molar-refractivity contribution in [2.24, 2.45) is 17.3 Å². The van der Waals surface area contributed by atoms with Crippen LogP contribution in [0.15, 0.2) is 11.1 Å². The molecular weight excluding hydrogens is 195 g/mol. The van der Waals surface area contributed by atoms with Crippen LogP contribution >= 0.6 is 23.2 Å². The van der Waals surface area contributed by atoms with Crippen LogP contribution in [-0.4, -0.2) is 5.24 Å². The third-order valence-electron chi connectivity index (χ3n) is 2.56. The van der Waals surface area contributed by atoms with Crippen LogP contribution in [0.4, 0.5) is 0 Å². The van der Waals surface area contributed by atoms with E-state index in [9.17, 15) is 4.79 Å². The van der Waals surface area contributed by atoms with Gasteiger partial charge in [-0.25, -0.2) is 0 Å². The van der Waals surface area contributed by atoms with Crippen LogP contribution in [0.3, 0.4) is 0 Å². The Bertz CT molecular complexity index is 239. The highest BCUT2D eigenvalue weighted by Gasteiger charge is 2.59. The third kappa shape index (κ3) is 1.67. The number of hydrogen-bond donors (Lipinski definition) is 0. The van der Waals surface area contributed by atoms with E-state index in [4.69, 9.17) is 23.2 Å². The van der Waals surface area contributed by atoms with E-state index in [2.05, 4.69) is 0 Å². The van der Waals surface area contributed by atoms with Gasteiger partial charge in [-0.05, 0) is 29.9 Å². The molecule has 0 N–H and O–H groups in total. The van der Waals surface area contributed by atoms with Crippen LogP contribution in [-0.2, 0) is 4.79 Å². The minimum atomic E-state index is -0.251. The maximum atomic E-state index is 10.9. The second-order valence-electron chi connectivity index (χ2n) is 3.88. The number of halogens is 2. The molecule has 1 saturated carbocycles. The van der Waals surface area contributed by atoms with Crippen molar-refractivity contribution in [3.8, 4) is 0 Å². The molecule has 3 heteroatoms. The molecule has 1 rings (SSSR count). The summed E-state index contributed by atoms with van der Waals surface area (Å²) in [4.78, 5) is 10.9. The normalized spacial score (nSPS) is 33.2. The molecule has 0 unspecified atom stereocenters. The summed E-state index contributed by atoms with van der Waals surface area (Å²) in [5, 5.41) is 0.479. The van der Waals surface area contributed by atoms with Gasteiger partial charge in [-0.3, -0.25) is 4.79 Å². The molecule has 0 aromatic heterocycles. The predicted molar refractivity (Wildman–Crippen MR) is 51.2 cm³/mol. The number of carbonyl (C=O) groups excluding carboxylic acids is 1. The quantitative estimate of drug-likeness (QED) is 0.635. The molecule has 0 bridgehead atoms. The summed E-state index contributed by atoms with van der Waals surface area (Å²) in [5.41, 5.74) is -0.00498. The maximum absolute atomic E-state index is 10.9. The van der Waals surface area contributed by atoms with E-state index >= 15 is 0 Å². The highest BCUT2D eigenvalue weighted by molar-refractivity contribution is 6.64. The topological polar surface area (TPSA) is 17.1 Å². The summed E-state index contributed by atoms with van der Waals surface area (Å²) in [7, 11) is 0. The van der Waals surface area contributed by atoms with E-state index < -0.39 is 0 Å². The third-order valence-corrected chi connectivity index (χ3v) is 2.93. The van der Waals surface area contributed by atoms with Crippen LogP contribution in [0.5, 0.6) is 0 Å². The van der Waals surface area contributed by atoms with Crippen LogP contribution < -0.4 is 0 Å². The van der Waals surface area contributed by atoms with Gasteiger partial charge in [-0.1, -0.05) is 31.5 Å². The van der Waals surface area contributed by atoms with Crippen LogP contribution in [0.2, 0.25) is 0 Å². The van der Waals surface area contributed by atoms with Crippen molar-refractivity contribution in [1.29, 1.82) is 0 Å². The molecule has 0 spiro atoms. The van der Waals surface area contributed by atoms with E-state index in [-0.39, 0.29) is 22.5 Å². The molecule has 0 aliphatic heterocycles. The van der Waals surface area contributed by atoms with E-state index in [1.807, 2.05) is 26.8 Å². The summed E-state index contributed by atoms with van der Waals surface area (Å²) in [5.74, 6) is 0.174. The second-order valence-corrected chi connectivity index (χ2v) is 4.85. The van der Waals surface area contributed by atoms with Crippen molar-refractivity contribution >= 4 is 28.4 Å². The average Bonchev–Trinajstić information content (AvgIpc) is 2.32. The highest BCUT2D eigenvalue weighted by Crippen LogP contribution is 2.60. The maximum Gasteiger partial charge on any atom is 0.225 e. The summed E-state index contributed by atoms with van der Waals surface area (Å²) in [6.07, 6.45) is 1.91. The van der Waals surface area contributed by atoms with Gasteiger partial charge in [0.15, 0.2) is 0 Å². The largest absolute Gasteiger partial charge is 0.281 e. The zero-order valence-electron chi connectivity index (χ0n) is 7.40. The lowest BCUT2D eigenvalue weighted by atomic mass is 10.1. The Morgan fingerprint density at radius 3 is 2.17 bits per heavy atom. The molecule has 0 radical (unpaired) electrons. The van der Waals surface area contributed by atoms with Gasteiger partial charge in [0.05, 0.1) is 0 Å². The monoisotopic (exact) mass is 206 g/mol. The van der Waals surface area contributed by atoms with Gasteiger partial charge in [0.2, 0.25) is 5.24 Å². The fourth-order valence-corrected chi connectivity index (χ4v) is 2.22. The van der Waals surface area contributed by atoms with Gasteiger partial charge in [-0.2, -0.15) is 0 Å². The lowest BCUT2D eigenvalue weighted by molar-refractivity contribution is -0.113. The van der Waals surface area contributed by atoms with E-state index in [1.54, 1.807) is 0 Å². The van der Waals surface area contributed by atoms with E-state index in [0.717, 1.165) is 5.03 Å². The van der Waals surface area contributed by atoms with E-state index in [1.165, 1.54) is 0 Å².